The fraction of sp³-hybridized carbons (Fsp3) is 0.471. The molecule has 2 rings (SSSR count). The van der Waals surface area contributed by atoms with Crippen LogP contribution in [0.2, 0.25) is 0 Å². The van der Waals surface area contributed by atoms with Crippen molar-refractivity contribution < 1.29 is 9.21 Å². The van der Waals surface area contributed by atoms with Gasteiger partial charge in [-0.05, 0) is 33.3 Å². The van der Waals surface area contributed by atoms with Crippen LogP contribution in [0.25, 0.3) is 11.0 Å². The summed E-state index contributed by atoms with van der Waals surface area (Å²) in [4.78, 5) is 11.8. The lowest BCUT2D eigenvalue weighted by Crippen LogP contribution is -2.43. The van der Waals surface area contributed by atoms with Gasteiger partial charge >= 0.3 is 0 Å². The van der Waals surface area contributed by atoms with Crippen molar-refractivity contribution in [2.24, 2.45) is 0 Å². The lowest BCUT2D eigenvalue weighted by Gasteiger charge is -2.18. The molecule has 0 saturated heterocycles. The minimum atomic E-state index is -0.252. The molecule has 2 N–H and O–H groups in total. The lowest BCUT2D eigenvalue weighted by atomic mass is 10.0. The van der Waals surface area contributed by atoms with Crippen LogP contribution in [-0.2, 0) is 11.2 Å². The second-order valence-electron chi connectivity index (χ2n) is 5.30. The number of amides is 1. The number of nitrogens with one attached hydrogen (secondary N) is 2. The first-order valence-corrected chi connectivity index (χ1v) is 7.62. The summed E-state index contributed by atoms with van der Waals surface area (Å²) >= 11 is 0. The highest BCUT2D eigenvalue weighted by Gasteiger charge is 2.21. The molecule has 0 fully saturated rings. The SMILES string of the molecule is CCNC(=O)C(C)NC(C)c1oc2ccccc2c1CC. The summed E-state index contributed by atoms with van der Waals surface area (Å²) in [6, 6.07) is 7.81. The molecule has 1 heterocycles. The van der Waals surface area contributed by atoms with Crippen LogP contribution in [0.3, 0.4) is 0 Å². The number of carbonyl (C=O) groups is 1. The number of furan rings is 1. The van der Waals surface area contributed by atoms with Gasteiger partial charge in [0.2, 0.25) is 5.91 Å². The quantitative estimate of drug-likeness (QED) is 0.858. The molecule has 0 spiro atoms. The Hall–Kier alpha value is -1.81. The Morgan fingerprint density at radius 3 is 2.62 bits per heavy atom. The molecule has 0 saturated carbocycles. The van der Waals surface area contributed by atoms with Gasteiger partial charge in [0.1, 0.15) is 11.3 Å². The van der Waals surface area contributed by atoms with E-state index in [1.54, 1.807) is 0 Å². The topological polar surface area (TPSA) is 54.3 Å². The summed E-state index contributed by atoms with van der Waals surface area (Å²) in [6.45, 7) is 8.59. The van der Waals surface area contributed by atoms with E-state index in [0.717, 1.165) is 23.2 Å². The van der Waals surface area contributed by atoms with E-state index in [-0.39, 0.29) is 18.0 Å². The van der Waals surface area contributed by atoms with E-state index in [1.165, 1.54) is 5.56 Å². The molecule has 114 valence electrons. The number of hydrogen-bond donors (Lipinski definition) is 2. The molecule has 2 atom stereocenters. The van der Waals surface area contributed by atoms with Gasteiger partial charge in [0.25, 0.3) is 0 Å². The highest BCUT2D eigenvalue weighted by Crippen LogP contribution is 2.30. The Balaban J connectivity index is 2.23. The minimum Gasteiger partial charge on any atom is -0.459 e. The third-order valence-corrected chi connectivity index (χ3v) is 3.72. The van der Waals surface area contributed by atoms with Crippen LogP contribution in [-0.4, -0.2) is 18.5 Å². The van der Waals surface area contributed by atoms with Crippen LogP contribution in [0, 0.1) is 0 Å². The number of para-hydroxylation sites is 1. The van der Waals surface area contributed by atoms with E-state index in [0.29, 0.717) is 6.54 Å². The van der Waals surface area contributed by atoms with Crippen molar-refractivity contribution >= 4 is 16.9 Å². The van der Waals surface area contributed by atoms with Crippen molar-refractivity contribution in [3.05, 3.63) is 35.6 Å². The largest absolute Gasteiger partial charge is 0.459 e. The molecule has 1 aromatic carbocycles. The van der Waals surface area contributed by atoms with E-state index in [9.17, 15) is 4.79 Å². The third-order valence-electron chi connectivity index (χ3n) is 3.72. The highest BCUT2D eigenvalue weighted by molar-refractivity contribution is 5.83. The average Bonchev–Trinajstić information content (AvgIpc) is 2.86. The van der Waals surface area contributed by atoms with Crippen molar-refractivity contribution in [3.8, 4) is 0 Å². The van der Waals surface area contributed by atoms with Crippen LogP contribution in [0.1, 0.15) is 45.1 Å². The number of benzene rings is 1. The van der Waals surface area contributed by atoms with Gasteiger partial charge in [0.15, 0.2) is 0 Å². The maximum Gasteiger partial charge on any atom is 0.236 e. The summed E-state index contributed by atoms with van der Waals surface area (Å²) in [5.41, 5.74) is 2.12. The predicted molar refractivity (Wildman–Crippen MR) is 85.3 cm³/mol. The Bertz CT molecular complexity index is 618. The first-order chi connectivity index (χ1) is 10.1. The van der Waals surface area contributed by atoms with Gasteiger partial charge in [-0.3, -0.25) is 10.1 Å². The van der Waals surface area contributed by atoms with Crippen molar-refractivity contribution in [3.63, 3.8) is 0 Å². The standard InChI is InChI=1S/C17H24N2O2/c1-5-13-14-9-7-8-10-15(14)21-16(13)11(3)19-12(4)17(20)18-6-2/h7-12,19H,5-6H2,1-4H3,(H,18,20). The first kappa shape index (κ1) is 15.6. The van der Waals surface area contributed by atoms with Gasteiger partial charge in [-0.2, -0.15) is 0 Å². The zero-order chi connectivity index (χ0) is 15.4. The summed E-state index contributed by atoms with van der Waals surface area (Å²) in [7, 11) is 0. The molecule has 2 aromatic rings. The number of carbonyl (C=O) groups excluding carboxylic acids is 1. The molecule has 0 aliphatic carbocycles. The Morgan fingerprint density at radius 2 is 1.95 bits per heavy atom. The van der Waals surface area contributed by atoms with Crippen LogP contribution < -0.4 is 10.6 Å². The van der Waals surface area contributed by atoms with Gasteiger partial charge in [-0.25, -0.2) is 0 Å². The minimum absolute atomic E-state index is 0.00930. The molecule has 0 bridgehead atoms. The Labute approximate surface area is 125 Å². The van der Waals surface area contributed by atoms with Crippen LogP contribution in [0.4, 0.5) is 0 Å². The average molecular weight is 288 g/mol. The van der Waals surface area contributed by atoms with E-state index in [2.05, 4.69) is 23.6 Å². The molecule has 21 heavy (non-hydrogen) atoms. The van der Waals surface area contributed by atoms with Gasteiger partial charge < -0.3 is 9.73 Å². The Kier molecular flexibility index (Phi) is 5.02. The molecule has 2 unspecified atom stereocenters. The number of likely N-dealkylation sites (N-methyl/N-ethyl adjacent to an activating group) is 1. The predicted octanol–water partition coefficient (Wildman–Crippen LogP) is 3.17. The Morgan fingerprint density at radius 1 is 1.24 bits per heavy atom. The van der Waals surface area contributed by atoms with Crippen molar-refractivity contribution in [2.45, 2.75) is 46.2 Å². The summed E-state index contributed by atoms with van der Waals surface area (Å²) in [5, 5.41) is 7.30. The van der Waals surface area contributed by atoms with E-state index >= 15 is 0 Å². The molecule has 1 amide bonds. The van der Waals surface area contributed by atoms with Crippen LogP contribution >= 0.6 is 0 Å². The molecule has 0 radical (unpaired) electrons. The zero-order valence-electron chi connectivity index (χ0n) is 13.2. The molecule has 0 aliphatic heterocycles. The van der Waals surface area contributed by atoms with Gasteiger partial charge in [-0.15, -0.1) is 0 Å². The number of aryl methyl sites for hydroxylation is 1. The second-order valence-corrected chi connectivity index (χ2v) is 5.30. The second kappa shape index (κ2) is 6.76. The maximum absolute atomic E-state index is 11.8. The fourth-order valence-corrected chi connectivity index (χ4v) is 2.69. The number of hydrogen-bond acceptors (Lipinski definition) is 3. The molecule has 4 nitrogen and oxygen atoms in total. The number of fused-ring (bicyclic) bond motifs is 1. The molecular formula is C17H24N2O2. The maximum atomic E-state index is 11.8. The monoisotopic (exact) mass is 288 g/mol. The lowest BCUT2D eigenvalue weighted by molar-refractivity contribution is -0.122. The van der Waals surface area contributed by atoms with Crippen molar-refractivity contribution in [1.29, 1.82) is 0 Å². The van der Waals surface area contributed by atoms with E-state index in [1.807, 2.05) is 39.0 Å². The third kappa shape index (κ3) is 3.27. The molecule has 0 aliphatic rings. The van der Waals surface area contributed by atoms with Crippen molar-refractivity contribution in [2.75, 3.05) is 6.54 Å². The zero-order valence-corrected chi connectivity index (χ0v) is 13.2. The molecule has 1 aromatic heterocycles. The van der Waals surface area contributed by atoms with Crippen LogP contribution in [0.5, 0.6) is 0 Å². The van der Waals surface area contributed by atoms with Gasteiger partial charge in [-0.1, -0.05) is 25.1 Å². The van der Waals surface area contributed by atoms with Crippen molar-refractivity contribution in [1.82, 2.24) is 10.6 Å². The molecular weight excluding hydrogens is 264 g/mol. The molecule has 4 heteroatoms. The summed E-state index contributed by atoms with van der Waals surface area (Å²) in [6.07, 6.45) is 0.911. The normalized spacial score (nSPS) is 14.1. The first-order valence-electron chi connectivity index (χ1n) is 7.62. The fourth-order valence-electron chi connectivity index (χ4n) is 2.69. The van der Waals surface area contributed by atoms with E-state index in [4.69, 9.17) is 4.42 Å². The summed E-state index contributed by atoms with van der Waals surface area (Å²) in [5.74, 6) is 0.938. The smallest absolute Gasteiger partial charge is 0.236 e. The number of rotatable bonds is 6. The van der Waals surface area contributed by atoms with Crippen LogP contribution in [0.15, 0.2) is 28.7 Å². The van der Waals surface area contributed by atoms with Gasteiger partial charge in [0, 0.05) is 17.5 Å². The highest BCUT2D eigenvalue weighted by atomic mass is 16.3. The van der Waals surface area contributed by atoms with E-state index < -0.39 is 0 Å². The summed E-state index contributed by atoms with van der Waals surface area (Å²) < 4.78 is 6.00. The van der Waals surface area contributed by atoms with Gasteiger partial charge in [0.05, 0.1) is 12.1 Å².